The number of carbonyl (C=O) groups excluding carboxylic acids is 3. The second kappa shape index (κ2) is 26.4. The lowest BCUT2D eigenvalue weighted by molar-refractivity contribution is 0.0979. The molecule has 1 unspecified atom stereocenters. The van der Waals surface area contributed by atoms with Gasteiger partial charge < -0.3 is 19.8 Å². The van der Waals surface area contributed by atoms with Gasteiger partial charge in [0.15, 0.2) is 5.78 Å². The highest BCUT2D eigenvalue weighted by Gasteiger charge is 2.31. The van der Waals surface area contributed by atoms with Crippen LogP contribution in [0, 0.1) is 11.6 Å². The number of benzene rings is 2. The SMILES string of the molecule is C.C.C.CC.CC(C)(C)[S@@](N)=O.Cn1cc2c(c1C(=O)Nc1ccc(F)c(Cl)c1)CCCCC2=O.Cn1cc2c(c1C(=O)Nc1ccc(F)c(Cl)c1)CCCCC2N[S@@](=O)C(C)(C)C. The topological polar surface area (TPSA) is 157 Å². The van der Waals surface area contributed by atoms with E-state index in [1.807, 2.05) is 73.2 Å². The summed E-state index contributed by atoms with van der Waals surface area (Å²) in [6.07, 6.45) is 10.2. The van der Waals surface area contributed by atoms with Crippen LogP contribution in [0.15, 0.2) is 48.8 Å². The van der Waals surface area contributed by atoms with Gasteiger partial charge in [0.1, 0.15) is 23.0 Å². The van der Waals surface area contributed by atoms with Gasteiger partial charge in [-0.05, 0) is 133 Å². The van der Waals surface area contributed by atoms with E-state index in [1.165, 1.54) is 36.4 Å². The lowest BCUT2D eigenvalue weighted by Gasteiger charge is -2.23. The van der Waals surface area contributed by atoms with Gasteiger partial charge >= 0.3 is 0 Å². The molecule has 0 fully saturated rings. The quantitative estimate of drug-likeness (QED) is 0.142. The maximum absolute atomic E-state index is 13.4. The predicted octanol–water partition coefficient (Wildman–Crippen LogP) is 12.2. The Labute approximate surface area is 396 Å². The molecule has 4 aromatic rings. The molecule has 0 bridgehead atoms. The number of aryl methyl sites for hydroxylation is 2. The van der Waals surface area contributed by atoms with Crippen LogP contribution < -0.4 is 20.5 Å². The fraction of sp³-hybridized carbons (Fsp3) is 0.511. The zero-order chi connectivity index (χ0) is 46.0. The molecule has 0 saturated heterocycles. The van der Waals surface area contributed by atoms with Gasteiger partial charge in [-0.2, -0.15) is 0 Å². The smallest absolute Gasteiger partial charge is 0.272 e. The standard InChI is InChI=1S/C21H27ClFN3O2S.C17H16ClFN2O2.C4H11NOS.C2H6.3CH4/c1-21(2,3)29(28)25-18-8-6-5-7-14-15(18)12-26(4)19(14)20(27)24-13-9-10-17(23)16(22)11-13;1-21-9-12-11(4-2-3-5-15(12)22)16(21)17(23)20-10-6-7-14(19)13(18)8-10;1-4(2,3)7(5)6;1-2;;;/h9-12,18,25H,5-8H2,1-4H3,(H,24,27);6-9H,2-5H2,1H3,(H,20,23);5H2,1-3H3;1-2H3;3*1H4/t18?,29-;;7-;;;;/m0.0..../s1. The van der Waals surface area contributed by atoms with E-state index in [9.17, 15) is 31.6 Å². The van der Waals surface area contributed by atoms with Crippen molar-refractivity contribution in [1.29, 1.82) is 0 Å². The zero-order valence-electron chi connectivity index (χ0n) is 36.7. The largest absolute Gasteiger partial charge is 0.346 e. The van der Waals surface area contributed by atoms with Crippen molar-refractivity contribution >= 4 is 74.1 Å². The molecule has 11 nitrogen and oxygen atoms in total. The number of nitrogens with two attached hydrogens (primary N) is 1. The Balaban J connectivity index is 0.00000102. The van der Waals surface area contributed by atoms with E-state index in [4.69, 9.17) is 28.3 Å². The van der Waals surface area contributed by atoms with Gasteiger partial charge in [-0.3, -0.25) is 19.5 Å². The monoisotopic (exact) mass is 972 g/mol. The van der Waals surface area contributed by atoms with Crippen LogP contribution in [0.5, 0.6) is 0 Å². The molecule has 2 aliphatic rings. The first-order valence-electron chi connectivity index (χ1n) is 20.3. The summed E-state index contributed by atoms with van der Waals surface area (Å²) in [6, 6.07) is 8.05. The maximum atomic E-state index is 13.4. The van der Waals surface area contributed by atoms with Crippen LogP contribution in [0.2, 0.25) is 10.0 Å². The first kappa shape index (κ1) is 60.3. The van der Waals surface area contributed by atoms with Crippen LogP contribution in [0.4, 0.5) is 20.2 Å². The Hall–Kier alpha value is -3.73. The third kappa shape index (κ3) is 16.3. The molecule has 2 aromatic carbocycles. The molecule has 64 heavy (non-hydrogen) atoms. The van der Waals surface area contributed by atoms with Crippen LogP contribution in [0.1, 0.15) is 170 Å². The number of hydrogen-bond acceptors (Lipinski definition) is 5. The average molecular weight is 974 g/mol. The number of anilines is 2. The molecule has 2 aliphatic carbocycles. The predicted molar refractivity (Wildman–Crippen MR) is 266 cm³/mol. The molecule has 6 rings (SSSR count). The normalized spacial score (nSPS) is 15.2. The van der Waals surface area contributed by atoms with Crippen molar-refractivity contribution < 1.29 is 31.6 Å². The summed E-state index contributed by atoms with van der Waals surface area (Å²) in [7, 11) is 1.19. The summed E-state index contributed by atoms with van der Waals surface area (Å²) < 4.78 is 55.7. The highest BCUT2D eigenvalue weighted by Crippen LogP contribution is 2.34. The molecule has 2 amide bonds. The minimum Gasteiger partial charge on any atom is -0.346 e. The Morgan fingerprint density at radius 2 is 1.14 bits per heavy atom. The van der Waals surface area contributed by atoms with E-state index in [0.717, 1.165) is 55.2 Å². The zero-order valence-corrected chi connectivity index (χ0v) is 39.8. The van der Waals surface area contributed by atoms with Crippen LogP contribution in [-0.4, -0.2) is 44.6 Å². The lowest BCUT2D eigenvalue weighted by atomic mass is 10.0. The van der Waals surface area contributed by atoms with E-state index in [2.05, 4.69) is 15.4 Å². The van der Waals surface area contributed by atoms with Crippen molar-refractivity contribution in [2.45, 2.75) is 145 Å². The molecule has 5 N–H and O–H groups in total. The van der Waals surface area contributed by atoms with Gasteiger partial charge in [0, 0.05) is 55.9 Å². The minimum absolute atomic E-state index is 0. The summed E-state index contributed by atoms with van der Waals surface area (Å²) in [4.78, 5) is 37.7. The number of halogens is 4. The van der Waals surface area contributed by atoms with Gasteiger partial charge in [-0.1, -0.05) is 65.8 Å². The second-order valence-electron chi connectivity index (χ2n) is 16.5. The van der Waals surface area contributed by atoms with E-state index in [-0.39, 0.29) is 65.5 Å². The van der Waals surface area contributed by atoms with Gasteiger partial charge in [0.05, 0.1) is 41.5 Å². The van der Waals surface area contributed by atoms with Crippen LogP contribution >= 0.6 is 23.2 Å². The van der Waals surface area contributed by atoms with Crippen LogP contribution in [0.3, 0.4) is 0 Å². The Morgan fingerprint density at radius 1 is 0.719 bits per heavy atom. The minimum atomic E-state index is -1.20. The van der Waals surface area contributed by atoms with E-state index in [0.29, 0.717) is 41.2 Å². The molecule has 2 aromatic heterocycles. The Morgan fingerprint density at radius 3 is 1.59 bits per heavy atom. The molecule has 360 valence electrons. The second-order valence-corrected chi connectivity index (χ2v) is 21.1. The molecule has 17 heteroatoms. The highest BCUT2D eigenvalue weighted by atomic mass is 35.5. The van der Waals surface area contributed by atoms with Crippen molar-refractivity contribution in [3.8, 4) is 0 Å². The molecule has 0 saturated carbocycles. The van der Waals surface area contributed by atoms with E-state index in [1.54, 1.807) is 17.8 Å². The summed E-state index contributed by atoms with van der Waals surface area (Å²) in [5.41, 5.74) is 5.30. The molecular weight excluding hydrogens is 902 g/mol. The summed E-state index contributed by atoms with van der Waals surface area (Å²) >= 11 is 11.6. The van der Waals surface area contributed by atoms with Crippen molar-refractivity contribution in [2.75, 3.05) is 10.6 Å². The molecule has 0 spiro atoms. The fourth-order valence-corrected chi connectivity index (χ4v) is 7.73. The summed E-state index contributed by atoms with van der Waals surface area (Å²) in [6.45, 7) is 15.3. The lowest BCUT2D eigenvalue weighted by Crippen LogP contribution is -2.35. The molecule has 0 aliphatic heterocycles. The number of rotatable bonds is 6. The number of nitrogens with zero attached hydrogens (tertiary/aromatic N) is 2. The van der Waals surface area contributed by atoms with Crippen molar-refractivity contribution in [1.82, 2.24) is 13.9 Å². The third-order valence-electron chi connectivity index (χ3n) is 9.73. The van der Waals surface area contributed by atoms with Crippen molar-refractivity contribution in [3.05, 3.63) is 104 Å². The maximum Gasteiger partial charge on any atom is 0.272 e. The van der Waals surface area contributed by atoms with Crippen LogP contribution in [0.25, 0.3) is 0 Å². The number of fused-ring (bicyclic) bond motifs is 2. The molecule has 2 heterocycles. The Kier molecular flexibility index (Phi) is 24.9. The average Bonchev–Trinajstić information content (AvgIpc) is 3.54. The van der Waals surface area contributed by atoms with Gasteiger partial charge in [0.2, 0.25) is 0 Å². The number of hydrogen-bond donors (Lipinski definition) is 4. The molecular formula is C47H72Cl2F2N6O5S2. The Bertz CT molecular complexity index is 2250. The number of aromatic nitrogens is 2. The van der Waals surface area contributed by atoms with Gasteiger partial charge in [0.25, 0.3) is 11.8 Å². The number of nitrogens with one attached hydrogen (secondary N) is 3. The van der Waals surface area contributed by atoms with Gasteiger partial charge in [-0.25, -0.2) is 21.9 Å². The number of amides is 2. The first-order chi connectivity index (χ1) is 28.5. The third-order valence-corrected chi connectivity index (χ3v) is 13.1. The molecule has 3 atom stereocenters. The summed E-state index contributed by atoms with van der Waals surface area (Å²) in [5, 5.41) is 10.5. The molecule has 0 radical (unpaired) electrons. The number of ketones is 1. The van der Waals surface area contributed by atoms with E-state index < -0.39 is 33.6 Å². The highest BCUT2D eigenvalue weighted by molar-refractivity contribution is 7.84. The van der Waals surface area contributed by atoms with Crippen LogP contribution in [-0.2, 0) is 48.9 Å². The first-order valence-corrected chi connectivity index (χ1v) is 23.4. The van der Waals surface area contributed by atoms with Gasteiger partial charge in [-0.15, -0.1) is 0 Å². The van der Waals surface area contributed by atoms with E-state index >= 15 is 0 Å². The number of carbonyl (C=O) groups is 3. The van der Waals surface area contributed by atoms with Crippen molar-refractivity contribution in [2.24, 2.45) is 19.2 Å². The fourth-order valence-electron chi connectivity index (χ4n) is 6.51. The summed E-state index contributed by atoms with van der Waals surface area (Å²) in [5.74, 6) is -1.58. The van der Waals surface area contributed by atoms with Crippen molar-refractivity contribution in [3.63, 3.8) is 0 Å². The number of Topliss-reactive ketones (excluding diaryl/α,β-unsaturated/α-hetero) is 1.